The van der Waals surface area contributed by atoms with E-state index in [4.69, 9.17) is 0 Å². The van der Waals surface area contributed by atoms with Crippen molar-refractivity contribution in [3.8, 4) is 11.3 Å². The van der Waals surface area contributed by atoms with Gasteiger partial charge in [-0.3, -0.25) is 5.10 Å². The Bertz CT molecular complexity index is 929. The van der Waals surface area contributed by atoms with Crippen LogP contribution in [0.3, 0.4) is 0 Å². The molecule has 2 N–H and O–H groups in total. The molecule has 0 saturated carbocycles. The molecule has 1 saturated heterocycles. The van der Waals surface area contributed by atoms with Crippen LogP contribution in [0.5, 0.6) is 0 Å². The Morgan fingerprint density at radius 2 is 1.75 bits per heavy atom. The van der Waals surface area contributed by atoms with Crippen LogP contribution in [0.4, 0.5) is 16.3 Å². The van der Waals surface area contributed by atoms with Gasteiger partial charge in [0.25, 0.3) is 0 Å². The van der Waals surface area contributed by atoms with Crippen LogP contribution in [0.2, 0.25) is 0 Å². The molecule has 0 spiro atoms. The van der Waals surface area contributed by atoms with Gasteiger partial charge < -0.3 is 15.1 Å². The monoisotopic (exact) mass is 375 g/mol. The zero-order chi connectivity index (χ0) is 19.3. The highest BCUT2D eigenvalue weighted by Gasteiger charge is 2.23. The third-order valence-electron chi connectivity index (χ3n) is 5.18. The molecule has 1 fully saturated rings. The highest BCUT2D eigenvalue weighted by molar-refractivity contribution is 5.90. The Labute approximate surface area is 165 Å². The lowest BCUT2D eigenvalue weighted by Gasteiger charge is -2.34. The van der Waals surface area contributed by atoms with Crippen LogP contribution < -0.4 is 10.2 Å². The third kappa shape index (κ3) is 3.86. The fraction of sp³-hybridized carbons (Fsp3) is 0.273. The summed E-state index contributed by atoms with van der Waals surface area (Å²) in [5, 5.41) is 10.6. The van der Waals surface area contributed by atoms with Gasteiger partial charge in [0, 0.05) is 37.9 Å². The summed E-state index contributed by atoms with van der Waals surface area (Å²) in [7, 11) is 0. The third-order valence-corrected chi connectivity index (χ3v) is 5.18. The van der Waals surface area contributed by atoms with Crippen LogP contribution in [0.1, 0.15) is 12.5 Å². The second-order valence-electron chi connectivity index (χ2n) is 6.92. The summed E-state index contributed by atoms with van der Waals surface area (Å²) in [6, 6.07) is 20.2. The molecule has 1 aliphatic rings. The number of hydrogen-bond acceptors (Lipinski definition) is 3. The average molecular weight is 375 g/mol. The van der Waals surface area contributed by atoms with E-state index < -0.39 is 0 Å². The van der Waals surface area contributed by atoms with Crippen molar-refractivity contribution in [1.82, 2.24) is 15.1 Å². The Morgan fingerprint density at radius 3 is 2.50 bits per heavy atom. The van der Waals surface area contributed by atoms with E-state index in [2.05, 4.69) is 51.6 Å². The summed E-state index contributed by atoms with van der Waals surface area (Å²) in [5.41, 5.74) is 4.18. The average Bonchev–Trinajstić information content (AvgIpc) is 3.25. The summed E-state index contributed by atoms with van der Waals surface area (Å²) in [6.45, 7) is 4.97. The maximum Gasteiger partial charge on any atom is 0.321 e. The number of hydrogen-bond donors (Lipinski definition) is 2. The smallest absolute Gasteiger partial charge is 0.321 e. The molecule has 28 heavy (non-hydrogen) atoms. The fourth-order valence-electron chi connectivity index (χ4n) is 3.52. The molecule has 0 bridgehead atoms. The molecule has 1 aliphatic heterocycles. The SMILES string of the molecule is CCc1ccccc1NC(=O)N1CCN(c2cc(-c3ccccc3)[nH]n2)CC1. The van der Waals surface area contributed by atoms with Crippen LogP contribution in [0.15, 0.2) is 60.7 Å². The minimum atomic E-state index is -0.0347. The molecule has 2 heterocycles. The number of aryl methyl sites for hydroxylation is 1. The molecule has 6 nitrogen and oxygen atoms in total. The first-order valence-corrected chi connectivity index (χ1v) is 9.74. The van der Waals surface area contributed by atoms with Crippen molar-refractivity contribution in [2.24, 2.45) is 0 Å². The molecule has 0 unspecified atom stereocenters. The van der Waals surface area contributed by atoms with Crippen molar-refractivity contribution in [3.05, 3.63) is 66.2 Å². The number of para-hydroxylation sites is 1. The largest absolute Gasteiger partial charge is 0.352 e. The molecule has 144 valence electrons. The number of aromatic amines is 1. The highest BCUT2D eigenvalue weighted by Crippen LogP contribution is 2.23. The van der Waals surface area contributed by atoms with Crippen molar-refractivity contribution in [2.75, 3.05) is 36.4 Å². The first kappa shape index (κ1) is 18.1. The number of rotatable bonds is 4. The minimum absolute atomic E-state index is 0.0347. The predicted molar refractivity (Wildman–Crippen MR) is 113 cm³/mol. The number of H-pyrrole nitrogens is 1. The van der Waals surface area contributed by atoms with Crippen molar-refractivity contribution in [1.29, 1.82) is 0 Å². The first-order chi connectivity index (χ1) is 13.7. The lowest BCUT2D eigenvalue weighted by Crippen LogP contribution is -2.50. The van der Waals surface area contributed by atoms with Crippen molar-refractivity contribution in [2.45, 2.75) is 13.3 Å². The van der Waals surface area contributed by atoms with Gasteiger partial charge in [0.05, 0.1) is 5.69 Å². The molecule has 2 aromatic carbocycles. The summed E-state index contributed by atoms with van der Waals surface area (Å²) in [5.74, 6) is 0.926. The van der Waals surface area contributed by atoms with E-state index >= 15 is 0 Å². The summed E-state index contributed by atoms with van der Waals surface area (Å²) < 4.78 is 0. The quantitative estimate of drug-likeness (QED) is 0.725. The molecule has 0 atom stereocenters. The number of nitrogens with zero attached hydrogens (tertiary/aromatic N) is 3. The zero-order valence-electron chi connectivity index (χ0n) is 16.1. The molecule has 1 aromatic heterocycles. The van der Waals surface area contributed by atoms with Crippen molar-refractivity contribution >= 4 is 17.5 Å². The molecular weight excluding hydrogens is 350 g/mol. The molecular formula is C22H25N5O. The molecule has 0 radical (unpaired) electrons. The van der Waals surface area contributed by atoms with Gasteiger partial charge in [0.2, 0.25) is 0 Å². The van der Waals surface area contributed by atoms with Gasteiger partial charge >= 0.3 is 6.03 Å². The number of anilines is 2. The Kier molecular flexibility index (Phi) is 5.28. The molecule has 3 aromatic rings. The summed E-state index contributed by atoms with van der Waals surface area (Å²) in [4.78, 5) is 16.7. The predicted octanol–water partition coefficient (Wildman–Crippen LogP) is 3.99. The minimum Gasteiger partial charge on any atom is -0.352 e. The van der Waals surface area contributed by atoms with E-state index in [0.29, 0.717) is 13.1 Å². The maximum absolute atomic E-state index is 12.6. The van der Waals surface area contributed by atoms with Crippen LogP contribution >= 0.6 is 0 Å². The van der Waals surface area contributed by atoms with Gasteiger partial charge in [-0.25, -0.2) is 4.79 Å². The number of urea groups is 1. The topological polar surface area (TPSA) is 64.3 Å². The van der Waals surface area contributed by atoms with E-state index in [1.54, 1.807) is 0 Å². The lowest BCUT2D eigenvalue weighted by molar-refractivity contribution is 0.208. The number of aromatic nitrogens is 2. The summed E-state index contributed by atoms with van der Waals surface area (Å²) in [6.07, 6.45) is 0.896. The molecule has 0 aliphatic carbocycles. The number of carbonyl (C=O) groups is 1. The number of amides is 2. The highest BCUT2D eigenvalue weighted by atomic mass is 16.2. The van der Waals surface area contributed by atoms with Crippen LogP contribution in [0.25, 0.3) is 11.3 Å². The van der Waals surface area contributed by atoms with Crippen LogP contribution in [0, 0.1) is 0 Å². The standard InChI is InChI=1S/C22H25N5O/c1-2-17-8-6-7-11-19(17)23-22(28)27-14-12-26(13-15-27)21-16-20(24-25-21)18-9-4-3-5-10-18/h3-11,16H,2,12-15H2,1H3,(H,23,28)(H,24,25). The second kappa shape index (κ2) is 8.17. The van der Waals surface area contributed by atoms with Crippen LogP contribution in [-0.4, -0.2) is 47.3 Å². The van der Waals surface area contributed by atoms with Gasteiger partial charge in [-0.2, -0.15) is 5.10 Å². The molecule has 4 rings (SSSR count). The van der Waals surface area contributed by atoms with E-state index in [-0.39, 0.29) is 6.03 Å². The van der Waals surface area contributed by atoms with E-state index in [1.165, 1.54) is 0 Å². The van der Waals surface area contributed by atoms with E-state index in [1.807, 2.05) is 41.3 Å². The second-order valence-corrected chi connectivity index (χ2v) is 6.92. The zero-order valence-corrected chi connectivity index (χ0v) is 16.1. The van der Waals surface area contributed by atoms with Crippen molar-refractivity contribution in [3.63, 3.8) is 0 Å². The maximum atomic E-state index is 12.6. The van der Waals surface area contributed by atoms with Crippen molar-refractivity contribution < 1.29 is 4.79 Å². The Morgan fingerprint density at radius 1 is 1.04 bits per heavy atom. The number of nitrogens with one attached hydrogen (secondary N) is 2. The molecule has 6 heteroatoms. The van der Waals surface area contributed by atoms with Gasteiger partial charge in [-0.05, 0) is 23.6 Å². The van der Waals surface area contributed by atoms with Gasteiger partial charge in [-0.15, -0.1) is 0 Å². The number of piperazine rings is 1. The normalized spacial score (nSPS) is 14.2. The molecule has 2 amide bonds. The van der Waals surface area contributed by atoms with E-state index in [0.717, 1.165) is 47.8 Å². The lowest BCUT2D eigenvalue weighted by atomic mass is 10.1. The summed E-state index contributed by atoms with van der Waals surface area (Å²) >= 11 is 0. The van der Waals surface area contributed by atoms with Crippen LogP contribution in [-0.2, 0) is 6.42 Å². The number of benzene rings is 2. The van der Waals surface area contributed by atoms with Gasteiger partial charge in [0.1, 0.15) is 0 Å². The fourth-order valence-corrected chi connectivity index (χ4v) is 3.52. The first-order valence-electron chi connectivity index (χ1n) is 9.74. The van der Waals surface area contributed by atoms with E-state index in [9.17, 15) is 4.79 Å². The Hall–Kier alpha value is -3.28. The van der Waals surface area contributed by atoms with Gasteiger partial charge in [-0.1, -0.05) is 55.5 Å². The Balaban J connectivity index is 1.36. The number of carbonyl (C=O) groups excluding carboxylic acids is 1. The van der Waals surface area contributed by atoms with Gasteiger partial charge in [0.15, 0.2) is 5.82 Å².